The zero-order chi connectivity index (χ0) is 35.1. The largest absolute Gasteiger partial charge is 0.379 e. The number of allylic oxidation sites excluding steroid dienone is 4. The molecule has 48 heavy (non-hydrogen) atoms. The molecule has 4 heteroatoms. The Morgan fingerprint density at radius 2 is 0.854 bits per heavy atom. The molecule has 0 radical (unpaired) electrons. The van der Waals surface area contributed by atoms with Crippen molar-refractivity contribution in [1.82, 2.24) is 0 Å². The van der Waals surface area contributed by atoms with E-state index in [1.165, 1.54) is 193 Å². The summed E-state index contributed by atoms with van der Waals surface area (Å²) in [4.78, 5) is 0. The molecule has 0 bridgehead atoms. The lowest BCUT2D eigenvalue weighted by atomic mass is 10.1. The molecule has 0 saturated carbocycles. The molecule has 0 rings (SSSR count). The van der Waals surface area contributed by atoms with Crippen molar-refractivity contribution in [2.75, 3.05) is 52.3 Å². The number of likely N-dealkylation sites (N-methyl/N-ethyl adjacent to an activating group) is 1. The number of rotatable bonds is 40. The number of unbranched alkanes of at least 4 members (excludes halogenated alkanes) is 24. The monoisotopic (exact) mass is 741 g/mol. The summed E-state index contributed by atoms with van der Waals surface area (Å²) in [5, 5.41) is 1.07. The van der Waals surface area contributed by atoms with Gasteiger partial charge in [0.2, 0.25) is 0 Å². The first-order valence-corrected chi connectivity index (χ1v) is 22.5. The second kappa shape index (κ2) is 39.6. The van der Waals surface area contributed by atoms with Gasteiger partial charge >= 0.3 is 0 Å². The van der Waals surface area contributed by atoms with Crippen LogP contribution in [0.25, 0.3) is 0 Å². The molecule has 0 aliphatic heterocycles. The van der Waals surface area contributed by atoms with Crippen LogP contribution in [0.15, 0.2) is 24.3 Å². The Bertz CT molecular complexity index is 664. The average molecular weight is 742 g/mol. The molecule has 0 aromatic carbocycles. The summed E-state index contributed by atoms with van der Waals surface area (Å²) in [5.74, 6) is 0. The summed E-state index contributed by atoms with van der Waals surface area (Å²) >= 11 is 3.61. The van der Waals surface area contributed by atoms with Crippen molar-refractivity contribution in [2.24, 2.45) is 0 Å². The minimum absolute atomic E-state index is 0.201. The van der Waals surface area contributed by atoms with E-state index in [4.69, 9.17) is 9.47 Å². The van der Waals surface area contributed by atoms with Gasteiger partial charge in [0.1, 0.15) is 12.6 Å². The van der Waals surface area contributed by atoms with Gasteiger partial charge < -0.3 is 14.0 Å². The van der Waals surface area contributed by atoms with Crippen molar-refractivity contribution in [2.45, 2.75) is 206 Å². The molecule has 286 valence electrons. The minimum Gasteiger partial charge on any atom is -0.379 e. The Labute approximate surface area is 311 Å². The molecule has 0 heterocycles. The lowest BCUT2D eigenvalue weighted by Crippen LogP contribution is -2.48. The number of alkyl halides is 1. The van der Waals surface area contributed by atoms with Crippen LogP contribution >= 0.6 is 15.9 Å². The van der Waals surface area contributed by atoms with Gasteiger partial charge in [-0.05, 0) is 64.2 Å². The SMILES string of the molecule is CCCCCCCCC=CCCCCCCCCOCC(C[N+](C)(C)CCCBr)OCCCCCCCCC=CCCCCCCCC. The highest BCUT2D eigenvalue weighted by molar-refractivity contribution is 9.09. The third-order valence-corrected chi connectivity index (χ3v) is 10.3. The van der Waals surface area contributed by atoms with Gasteiger partial charge in [0.25, 0.3) is 0 Å². The first-order valence-electron chi connectivity index (χ1n) is 21.4. The second-order valence-electron chi connectivity index (χ2n) is 15.3. The van der Waals surface area contributed by atoms with Gasteiger partial charge in [0.05, 0.1) is 27.2 Å². The number of nitrogens with zero attached hydrogens (tertiary/aromatic N) is 1. The maximum absolute atomic E-state index is 6.44. The van der Waals surface area contributed by atoms with Crippen LogP contribution in [-0.4, -0.2) is 62.9 Å². The van der Waals surface area contributed by atoms with Crippen LogP contribution in [0.1, 0.15) is 200 Å². The Kier molecular flexibility index (Phi) is 39.5. The van der Waals surface area contributed by atoms with Crippen molar-refractivity contribution >= 4 is 15.9 Å². The maximum Gasteiger partial charge on any atom is 0.130 e. The summed E-state index contributed by atoms with van der Waals surface area (Å²) in [7, 11) is 4.68. The number of hydrogen-bond acceptors (Lipinski definition) is 2. The summed E-state index contributed by atoms with van der Waals surface area (Å²) in [6.45, 7) is 9.29. The molecule has 0 aliphatic rings. The third-order valence-electron chi connectivity index (χ3n) is 9.71. The average Bonchev–Trinajstić information content (AvgIpc) is 3.08. The van der Waals surface area contributed by atoms with E-state index in [9.17, 15) is 0 Å². The molecule has 0 aliphatic carbocycles. The van der Waals surface area contributed by atoms with E-state index in [0.717, 1.165) is 36.2 Å². The molecule has 0 saturated heterocycles. The molecule has 0 spiro atoms. The van der Waals surface area contributed by atoms with Crippen molar-refractivity contribution in [3.05, 3.63) is 24.3 Å². The molecule has 0 amide bonds. The Morgan fingerprint density at radius 3 is 1.27 bits per heavy atom. The lowest BCUT2D eigenvalue weighted by Gasteiger charge is -2.33. The molecule has 0 aromatic heterocycles. The van der Waals surface area contributed by atoms with E-state index < -0.39 is 0 Å². The number of hydrogen-bond donors (Lipinski definition) is 0. The fourth-order valence-electron chi connectivity index (χ4n) is 6.55. The first kappa shape index (κ1) is 47.8. The zero-order valence-corrected chi connectivity index (χ0v) is 34.9. The normalized spacial score (nSPS) is 13.0. The maximum atomic E-state index is 6.44. The molecular formula is C44H87BrNO2+. The summed E-state index contributed by atoms with van der Waals surface area (Å²) in [5.41, 5.74) is 0. The highest BCUT2D eigenvalue weighted by atomic mass is 79.9. The number of halogens is 1. The minimum atomic E-state index is 0.201. The first-order chi connectivity index (χ1) is 23.6. The molecular weight excluding hydrogens is 654 g/mol. The Balaban J connectivity index is 3.88. The van der Waals surface area contributed by atoms with Gasteiger partial charge in [-0.3, -0.25) is 0 Å². The van der Waals surface area contributed by atoms with E-state index in [-0.39, 0.29) is 6.10 Å². The number of quaternary nitrogens is 1. The van der Waals surface area contributed by atoms with Crippen molar-refractivity contribution < 1.29 is 14.0 Å². The van der Waals surface area contributed by atoms with Gasteiger partial charge in [-0.2, -0.15) is 0 Å². The quantitative estimate of drug-likeness (QED) is 0.0269. The Hall–Kier alpha value is -0.160. The van der Waals surface area contributed by atoms with Crippen LogP contribution in [-0.2, 0) is 9.47 Å². The van der Waals surface area contributed by atoms with Crippen LogP contribution in [0.2, 0.25) is 0 Å². The fourth-order valence-corrected chi connectivity index (χ4v) is 6.80. The van der Waals surface area contributed by atoms with E-state index in [0.29, 0.717) is 0 Å². The smallest absolute Gasteiger partial charge is 0.130 e. The second-order valence-corrected chi connectivity index (χ2v) is 16.1. The molecule has 0 N–H and O–H groups in total. The summed E-state index contributed by atoms with van der Waals surface area (Å²) in [6.07, 6.45) is 48.8. The predicted octanol–water partition coefficient (Wildman–Crippen LogP) is 14.3. The van der Waals surface area contributed by atoms with Crippen LogP contribution in [0.5, 0.6) is 0 Å². The van der Waals surface area contributed by atoms with Gasteiger partial charge in [0.15, 0.2) is 0 Å². The number of ether oxygens (including phenoxy) is 2. The highest BCUT2D eigenvalue weighted by Crippen LogP contribution is 2.13. The standard InChI is InChI=1S/C44H87BrNO2/c1-5-7-9-11-13-15-17-19-21-23-25-27-29-31-33-35-40-47-43-44(42-46(3,4)39-37-38-45)48-41-36-34-32-30-28-26-24-22-20-18-16-14-12-10-8-6-2/h19-22,44H,5-18,23-43H2,1-4H3/q+1. The predicted molar refractivity (Wildman–Crippen MR) is 220 cm³/mol. The Morgan fingerprint density at radius 1 is 0.479 bits per heavy atom. The van der Waals surface area contributed by atoms with Gasteiger partial charge in [0, 0.05) is 25.0 Å². The van der Waals surface area contributed by atoms with Gasteiger partial charge in [-0.1, -0.05) is 170 Å². The zero-order valence-electron chi connectivity index (χ0n) is 33.3. The lowest BCUT2D eigenvalue weighted by molar-refractivity contribution is -0.893. The summed E-state index contributed by atoms with van der Waals surface area (Å²) in [6, 6.07) is 0. The van der Waals surface area contributed by atoms with Crippen LogP contribution in [0, 0.1) is 0 Å². The molecule has 0 aromatic rings. The van der Waals surface area contributed by atoms with E-state index in [2.05, 4.69) is 68.2 Å². The third kappa shape index (κ3) is 38.6. The van der Waals surface area contributed by atoms with Crippen LogP contribution < -0.4 is 0 Å². The van der Waals surface area contributed by atoms with Gasteiger partial charge in [-0.25, -0.2) is 0 Å². The molecule has 3 nitrogen and oxygen atoms in total. The molecule has 1 atom stereocenters. The fraction of sp³-hybridized carbons (Fsp3) is 0.909. The van der Waals surface area contributed by atoms with Crippen molar-refractivity contribution in [3.63, 3.8) is 0 Å². The van der Waals surface area contributed by atoms with Crippen molar-refractivity contribution in [3.8, 4) is 0 Å². The summed E-state index contributed by atoms with van der Waals surface area (Å²) < 4.78 is 13.6. The van der Waals surface area contributed by atoms with Crippen LogP contribution in [0.4, 0.5) is 0 Å². The highest BCUT2D eigenvalue weighted by Gasteiger charge is 2.22. The van der Waals surface area contributed by atoms with Gasteiger partial charge in [-0.15, -0.1) is 0 Å². The van der Waals surface area contributed by atoms with Crippen molar-refractivity contribution in [1.29, 1.82) is 0 Å². The molecule has 1 unspecified atom stereocenters. The van der Waals surface area contributed by atoms with Crippen LogP contribution in [0.3, 0.4) is 0 Å². The van der Waals surface area contributed by atoms with E-state index in [1.54, 1.807) is 0 Å². The topological polar surface area (TPSA) is 18.5 Å². The molecule has 0 fully saturated rings. The van der Waals surface area contributed by atoms with E-state index in [1.807, 2.05) is 0 Å². The van der Waals surface area contributed by atoms with E-state index >= 15 is 0 Å².